The fourth-order valence-corrected chi connectivity index (χ4v) is 2.20. The first-order valence-corrected chi connectivity index (χ1v) is 7.77. The van der Waals surface area contributed by atoms with Crippen molar-refractivity contribution in [3.05, 3.63) is 29.3 Å². The minimum absolute atomic E-state index is 0.0322. The third-order valence-corrected chi connectivity index (χ3v) is 3.27. The molecule has 2 rings (SSSR count). The topological polar surface area (TPSA) is 73.9 Å². The quantitative estimate of drug-likeness (QED) is 0.861. The second kappa shape index (κ2) is 6.67. The number of fused-ring (bicyclic) bond motifs is 1. The number of hydrogen-bond acceptors (Lipinski definition) is 5. The van der Waals surface area contributed by atoms with Crippen LogP contribution >= 0.6 is 0 Å². The predicted molar refractivity (Wildman–Crippen MR) is 89.3 cm³/mol. The Morgan fingerprint density at radius 2 is 2.08 bits per heavy atom. The van der Waals surface area contributed by atoms with Crippen molar-refractivity contribution in [2.75, 3.05) is 6.54 Å². The Labute approximate surface area is 141 Å². The van der Waals surface area contributed by atoms with Gasteiger partial charge in [-0.15, -0.1) is 0 Å². The summed E-state index contributed by atoms with van der Waals surface area (Å²) in [6.45, 7) is 9.42. The maximum absolute atomic E-state index is 11.7. The third kappa shape index (κ3) is 4.85. The second-order valence-electron chi connectivity index (χ2n) is 7.05. The summed E-state index contributed by atoms with van der Waals surface area (Å²) in [5.74, 6) is 1.93. The highest BCUT2D eigenvalue weighted by Crippen LogP contribution is 2.32. The lowest BCUT2D eigenvalue weighted by Crippen LogP contribution is -2.35. The first-order chi connectivity index (χ1) is 11.1. The van der Waals surface area contributed by atoms with Crippen molar-refractivity contribution in [3.8, 4) is 5.75 Å². The van der Waals surface area contributed by atoms with E-state index >= 15 is 0 Å². The monoisotopic (exact) mass is 333 g/mol. The van der Waals surface area contributed by atoms with E-state index in [1.165, 1.54) is 0 Å². The van der Waals surface area contributed by atoms with Gasteiger partial charge in [0.15, 0.2) is 0 Å². The zero-order valence-electron chi connectivity index (χ0n) is 14.7. The summed E-state index contributed by atoms with van der Waals surface area (Å²) in [6, 6.07) is 5.36. The van der Waals surface area contributed by atoms with Gasteiger partial charge in [-0.25, -0.2) is 9.59 Å². The van der Waals surface area contributed by atoms with Gasteiger partial charge in [-0.1, -0.05) is 6.07 Å². The Morgan fingerprint density at radius 1 is 1.38 bits per heavy atom. The van der Waals surface area contributed by atoms with E-state index in [1.807, 2.05) is 25.9 Å². The minimum Gasteiger partial charge on any atom is -0.463 e. The van der Waals surface area contributed by atoms with Crippen molar-refractivity contribution >= 4 is 17.6 Å². The zero-order chi connectivity index (χ0) is 18.0. The molecule has 0 saturated heterocycles. The maximum atomic E-state index is 11.7. The van der Waals surface area contributed by atoms with Crippen LogP contribution in [0.4, 0.5) is 4.79 Å². The van der Waals surface area contributed by atoms with Crippen LogP contribution in [-0.2, 0) is 20.9 Å². The van der Waals surface area contributed by atoms with Gasteiger partial charge in [0.2, 0.25) is 5.79 Å². The van der Waals surface area contributed by atoms with Crippen molar-refractivity contribution in [1.82, 2.24) is 5.32 Å². The normalized spacial score (nSPS) is 15.5. The molecule has 24 heavy (non-hydrogen) atoms. The van der Waals surface area contributed by atoms with Crippen LogP contribution in [0.25, 0.3) is 5.57 Å². The molecule has 0 bridgehead atoms. The van der Waals surface area contributed by atoms with Crippen LogP contribution in [0.1, 0.15) is 45.7 Å². The molecular formula is C18H23NO5. The molecule has 0 unspecified atom stereocenters. The maximum Gasteiger partial charge on any atom is 0.407 e. The number of ether oxygens (including phenoxy) is 3. The van der Waals surface area contributed by atoms with Gasteiger partial charge in [0, 0.05) is 19.4 Å². The van der Waals surface area contributed by atoms with Crippen LogP contribution in [0.15, 0.2) is 18.2 Å². The number of nitrogens with one attached hydrogen (secondary N) is 1. The smallest absolute Gasteiger partial charge is 0.407 e. The lowest BCUT2D eigenvalue weighted by atomic mass is 10.0. The number of alkyl carbamates (subject to hydrolysis) is 1. The number of carbonyl (C=O) groups is 1. The fourth-order valence-electron chi connectivity index (χ4n) is 2.20. The lowest BCUT2D eigenvalue weighted by molar-refractivity contribution is -0.180. The number of carbonyl (C=O) groups excluding carboxylic acids is 2. The Balaban J connectivity index is 2.07. The number of hydrogen-bond donors (Lipinski definition) is 1. The van der Waals surface area contributed by atoms with E-state index in [0.717, 1.165) is 11.3 Å². The van der Waals surface area contributed by atoms with Gasteiger partial charge in [-0.3, -0.25) is 0 Å². The van der Waals surface area contributed by atoms with Crippen molar-refractivity contribution in [3.63, 3.8) is 0 Å². The standard InChI is InChI=1S/C18H23NO5/c1-17(2,3)24-16(21)19-9-14(10-20)12-6-7-15-13(8-12)11-22-18(4,5)23-15/h6-8H,9,11H2,1-5H3,(H,19,21). The highest BCUT2D eigenvalue weighted by atomic mass is 16.7. The van der Waals surface area contributed by atoms with Gasteiger partial charge in [-0.2, -0.15) is 0 Å². The van der Waals surface area contributed by atoms with E-state index in [1.54, 1.807) is 32.9 Å². The van der Waals surface area contributed by atoms with Crippen molar-refractivity contribution in [2.45, 2.75) is 52.6 Å². The van der Waals surface area contributed by atoms with Crippen molar-refractivity contribution in [1.29, 1.82) is 0 Å². The summed E-state index contributed by atoms with van der Waals surface area (Å²) >= 11 is 0. The van der Waals surface area contributed by atoms with E-state index in [9.17, 15) is 9.59 Å². The van der Waals surface area contributed by atoms with Crippen LogP contribution in [0.2, 0.25) is 0 Å². The van der Waals surface area contributed by atoms with Crippen LogP contribution < -0.4 is 10.1 Å². The Kier molecular flexibility index (Phi) is 5.02. The molecule has 0 spiro atoms. The summed E-state index contributed by atoms with van der Waals surface area (Å²) in [5, 5.41) is 2.56. The average molecular weight is 333 g/mol. The summed E-state index contributed by atoms with van der Waals surface area (Å²) < 4.78 is 16.5. The molecule has 0 aliphatic carbocycles. The van der Waals surface area contributed by atoms with Gasteiger partial charge < -0.3 is 19.5 Å². The Hall–Kier alpha value is -2.30. The average Bonchev–Trinajstić information content (AvgIpc) is 2.45. The number of benzene rings is 1. The zero-order valence-corrected chi connectivity index (χ0v) is 14.7. The Bertz CT molecular complexity index is 681. The van der Waals surface area contributed by atoms with Crippen molar-refractivity contribution < 1.29 is 23.8 Å². The van der Waals surface area contributed by atoms with Gasteiger partial charge in [0.25, 0.3) is 0 Å². The molecule has 130 valence electrons. The lowest BCUT2D eigenvalue weighted by Gasteiger charge is -2.32. The fraction of sp³-hybridized carbons (Fsp3) is 0.500. The first-order valence-electron chi connectivity index (χ1n) is 7.77. The largest absolute Gasteiger partial charge is 0.463 e. The molecule has 0 radical (unpaired) electrons. The highest BCUT2D eigenvalue weighted by Gasteiger charge is 2.27. The minimum atomic E-state index is -0.671. The van der Waals surface area contributed by atoms with Gasteiger partial charge in [0.05, 0.1) is 18.7 Å². The van der Waals surface area contributed by atoms with Crippen LogP contribution in [0.5, 0.6) is 5.75 Å². The van der Waals surface area contributed by atoms with Gasteiger partial charge in [-0.05, 0) is 38.5 Å². The molecule has 1 amide bonds. The molecule has 0 saturated carbocycles. The summed E-state index contributed by atoms with van der Waals surface area (Å²) in [4.78, 5) is 23.0. The molecule has 0 fully saturated rings. The molecular weight excluding hydrogens is 310 g/mol. The van der Waals surface area contributed by atoms with E-state index in [-0.39, 0.29) is 6.54 Å². The van der Waals surface area contributed by atoms with Gasteiger partial charge >= 0.3 is 6.09 Å². The molecule has 1 aliphatic rings. The van der Waals surface area contributed by atoms with E-state index in [0.29, 0.717) is 17.7 Å². The van der Waals surface area contributed by atoms with Crippen molar-refractivity contribution in [2.24, 2.45) is 0 Å². The molecule has 6 nitrogen and oxygen atoms in total. The van der Waals surface area contributed by atoms with Crippen LogP contribution in [0.3, 0.4) is 0 Å². The van der Waals surface area contributed by atoms with E-state index < -0.39 is 17.5 Å². The van der Waals surface area contributed by atoms with Gasteiger partial charge in [0.1, 0.15) is 17.3 Å². The summed E-state index contributed by atoms with van der Waals surface area (Å²) in [7, 11) is 0. The molecule has 1 aliphatic heterocycles. The Morgan fingerprint density at radius 3 is 2.71 bits per heavy atom. The highest BCUT2D eigenvalue weighted by molar-refractivity contribution is 5.90. The second-order valence-corrected chi connectivity index (χ2v) is 7.05. The summed E-state index contributed by atoms with van der Waals surface area (Å²) in [6.07, 6.45) is -0.582. The third-order valence-electron chi connectivity index (χ3n) is 3.27. The predicted octanol–water partition coefficient (Wildman–Crippen LogP) is 3.07. The summed E-state index contributed by atoms with van der Waals surface area (Å²) in [5.41, 5.74) is 1.24. The molecule has 1 aromatic rings. The molecule has 1 aromatic carbocycles. The molecule has 1 heterocycles. The van der Waals surface area contributed by atoms with Crippen LogP contribution in [-0.4, -0.2) is 30.0 Å². The number of amides is 1. The molecule has 0 aromatic heterocycles. The molecule has 6 heteroatoms. The SMILES string of the molecule is CC(C)(C)OC(=O)NCC(=C=O)c1ccc2c(c1)COC(C)(C)O2. The first kappa shape index (κ1) is 18.0. The molecule has 1 N–H and O–H groups in total. The molecule has 0 atom stereocenters. The van der Waals surface area contributed by atoms with E-state index in [2.05, 4.69) is 5.32 Å². The van der Waals surface area contributed by atoms with Crippen LogP contribution in [0, 0.1) is 0 Å². The number of rotatable bonds is 3. The van der Waals surface area contributed by atoms with E-state index in [4.69, 9.17) is 14.2 Å².